The van der Waals surface area contributed by atoms with Crippen LogP contribution in [0.3, 0.4) is 0 Å². The molecule has 0 saturated carbocycles. The molecule has 0 aliphatic rings. The monoisotopic (exact) mass is 293 g/mol. The Morgan fingerprint density at radius 3 is 2.24 bits per heavy atom. The van der Waals surface area contributed by atoms with Crippen LogP contribution in [0, 0.1) is 0 Å². The lowest BCUT2D eigenvalue weighted by Gasteiger charge is -2.08. The molecule has 4 heteroatoms. The Labute approximate surface area is 110 Å². The molecule has 1 aromatic carbocycles. The van der Waals surface area contributed by atoms with Gasteiger partial charge >= 0.3 is 0 Å². The fourth-order valence-corrected chi connectivity index (χ4v) is 2.50. The van der Waals surface area contributed by atoms with Gasteiger partial charge in [-0.15, -0.1) is 0 Å². The van der Waals surface area contributed by atoms with Gasteiger partial charge in [0.05, 0.1) is 5.69 Å². The molecule has 90 valence electrons. The molecule has 0 aliphatic heterocycles. The van der Waals surface area contributed by atoms with Crippen LogP contribution >= 0.6 is 15.9 Å². The second kappa shape index (κ2) is 4.53. The van der Waals surface area contributed by atoms with Crippen molar-refractivity contribution < 1.29 is 0 Å². The number of imidazole rings is 1. The maximum Gasteiger partial charge on any atom is 0.201 e. The van der Waals surface area contributed by atoms with E-state index in [1.807, 2.05) is 11.6 Å². The van der Waals surface area contributed by atoms with Crippen molar-refractivity contribution in [2.75, 3.05) is 5.73 Å². The zero-order valence-corrected chi connectivity index (χ0v) is 11.8. The summed E-state index contributed by atoms with van der Waals surface area (Å²) >= 11 is 3.44. The van der Waals surface area contributed by atoms with E-state index < -0.39 is 0 Å². The number of anilines is 1. The largest absolute Gasteiger partial charge is 0.369 e. The lowest BCUT2D eigenvalue weighted by atomic mass is 10.0. The minimum absolute atomic E-state index is 0.514. The van der Waals surface area contributed by atoms with E-state index >= 15 is 0 Å². The van der Waals surface area contributed by atoms with Crippen molar-refractivity contribution in [2.24, 2.45) is 7.05 Å². The molecule has 0 saturated heterocycles. The van der Waals surface area contributed by atoms with Gasteiger partial charge in [-0.05, 0) is 27.4 Å². The maximum atomic E-state index is 5.78. The van der Waals surface area contributed by atoms with Crippen molar-refractivity contribution in [1.82, 2.24) is 9.55 Å². The van der Waals surface area contributed by atoms with E-state index in [0.717, 1.165) is 15.9 Å². The van der Waals surface area contributed by atoms with Crippen LogP contribution in [0.4, 0.5) is 5.95 Å². The summed E-state index contributed by atoms with van der Waals surface area (Å²) in [4.78, 5) is 4.20. The number of aromatic nitrogens is 2. The summed E-state index contributed by atoms with van der Waals surface area (Å²) in [5.74, 6) is 1.06. The van der Waals surface area contributed by atoms with Crippen molar-refractivity contribution in [3.63, 3.8) is 0 Å². The number of nitrogens with two attached hydrogens (primary N) is 1. The summed E-state index contributed by atoms with van der Waals surface area (Å²) in [6, 6.07) is 8.51. The first-order valence-corrected chi connectivity index (χ1v) is 6.38. The Bertz CT molecular complexity index is 526. The Balaban J connectivity index is 2.47. The summed E-state index contributed by atoms with van der Waals surface area (Å²) in [7, 11) is 1.92. The number of hydrogen-bond acceptors (Lipinski definition) is 2. The lowest BCUT2D eigenvalue weighted by Crippen LogP contribution is -1.98. The third-order valence-corrected chi connectivity index (χ3v) is 3.49. The summed E-state index contributed by atoms with van der Waals surface area (Å²) in [5, 5.41) is 0. The fraction of sp³-hybridized carbons (Fsp3) is 0.308. The van der Waals surface area contributed by atoms with Crippen molar-refractivity contribution in [3.05, 3.63) is 34.4 Å². The number of benzene rings is 1. The Kier molecular flexibility index (Phi) is 3.24. The molecule has 17 heavy (non-hydrogen) atoms. The summed E-state index contributed by atoms with van der Waals surface area (Å²) in [5.41, 5.74) is 9.24. The summed E-state index contributed by atoms with van der Waals surface area (Å²) < 4.78 is 2.67. The van der Waals surface area contributed by atoms with Crippen LogP contribution in [-0.4, -0.2) is 9.55 Å². The zero-order chi connectivity index (χ0) is 12.6. The van der Waals surface area contributed by atoms with E-state index in [1.165, 1.54) is 5.56 Å². The van der Waals surface area contributed by atoms with Gasteiger partial charge in [0.25, 0.3) is 0 Å². The first-order chi connectivity index (χ1) is 8.00. The van der Waals surface area contributed by atoms with Gasteiger partial charge in [-0.2, -0.15) is 0 Å². The van der Waals surface area contributed by atoms with Crippen molar-refractivity contribution >= 4 is 21.9 Å². The number of nitrogen functional groups attached to an aromatic ring is 1. The third-order valence-electron chi connectivity index (χ3n) is 2.94. The second-order valence-corrected chi connectivity index (χ2v) is 5.20. The van der Waals surface area contributed by atoms with Crippen molar-refractivity contribution in [2.45, 2.75) is 19.8 Å². The van der Waals surface area contributed by atoms with Gasteiger partial charge in [-0.25, -0.2) is 4.98 Å². The predicted molar refractivity (Wildman–Crippen MR) is 74.8 cm³/mol. The van der Waals surface area contributed by atoms with E-state index in [1.54, 1.807) is 0 Å². The lowest BCUT2D eigenvalue weighted by molar-refractivity contribution is 0.866. The number of halogens is 1. The Morgan fingerprint density at radius 1 is 1.24 bits per heavy atom. The predicted octanol–water partition coefficient (Wildman–Crippen LogP) is 3.56. The van der Waals surface area contributed by atoms with E-state index in [9.17, 15) is 0 Å². The molecule has 2 rings (SSSR count). The average molecular weight is 294 g/mol. The molecule has 1 heterocycles. The van der Waals surface area contributed by atoms with Crippen LogP contribution in [0.15, 0.2) is 28.9 Å². The highest BCUT2D eigenvalue weighted by Gasteiger charge is 2.12. The summed E-state index contributed by atoms with van der Waals surface area (Å²) in [6.07, 6.45) is 0. The molecule has 0 amide bonds. The van der Waals surface area contributed by atoms with Gasteiger partial charge in [0.15, 0.2) is 0 Å². The van der Waals surface area contributed by atoms with Gasteiger partial charge in [-0.3, -0.25) is 0 Å². The minimum atomic E-state index is 0.514. The molecule has 2 aromatic rings. The highest BCUT2D eigenvalue weighted by molar-refractivity contribution is 9.10. The SMILES string of the molecule is CC(C)c1ccc(-c2c(Br)nc(N)n2C)cc1. The van der Waals surface area contributed by atoms with Gasteiger partial charge in [-0.1, -0.05) is 38.1 Å². The van der Waals surface area contributed by atoms with E-state index in [0.29, 0.717) is 11.9 Å². The minimum Gasteiger partial charge on any atom is -0.369 e. The van der Waals surface area contributed by atoms with Crippen molar-refractivity contribution in [3.8, 4) is 11.3 Å². The first kappa shape index (κ1) is 12.2. The quantitative estimate of drug-likeness (QED) is 0.920. The number of nitrogens with zero attached hydrogens (tertiary/aromatic N) is 2. The molecule has 3 nitrogen and oxygen atoms in total. The van der Waals surface area contributed by atoms with Gasteiger partial charge in [0.2, 0.25) is 5.95 Å². The molecule has 0 fully saturated rings. The molecule has 0 bridgehead atoms. The van der Waals surface area contributed by atoms with Gasteiger partial charge in [0.1, 0.15) is 4.60 Å². The van der Waals surface area contributed by atoms with Crippen LogP contribution in [0.25, 0.3) is 11.3 Å². The standard InChI is InChI=1S/C13H16BrN3/c1-8(2)9-4-6-10(7-5-9)11-12(14)16-13(15)17(11)3/h4-8H,1-3H3,(H2,15,16). The smallest absolute Gasteiger partial charge is 0.201 e. The van der Waals surface area contributed by atoms with Crippen LogP contribution in [0.1, 0.15) is 25.3 Å². The molecule has 2 N–H and O–H groups in total. The number of rotatable bonds is 2. The van der Waals surface area contributed by atoms with E-state index in [4.69, 9.17) is 5.73 Å². The molecule has 0 unspecified atom stereocenters. The normalized spacial score (nSPS) is 11.1. The average Bonchev–Trinajstić information content (AvgIpc) is 2.53. The highest BCUT2D eigenvalue weighted by atomic mass is 79.9. The fourth-order valence-electron chi connectivity index (χ4n) is 1.82. The topological polar surface area (TPSA) is 43.8 Å². The maximum absolute atomic E-state index is 5.78. The molecular weight excluding hydrogens is 278 g/mol. The third kappa shape index (κ3) is 2.22. The first-order valence-electron chi connectivity index (χ1n) is 5.58. The zero-order valence-electron chi connectivity index (χ0n) is 10.2. The van der Waals surface area contributed by atoms with Crippen LogP contribution < -0.4 is 5.73 Å². The summed E-state index contributed by atoms with van der Waals surface area (Å²) in [6.45, 7) is 4.37. The van der Waals surface area contributed by atoms with Gasteiger partial charge < -0.3 is 10.3 Å². The second-order valence-electron chi connectivity index (χ2n) is 4.45. The van der Waals surface area contributed by atoms with Crippen LogP contribution in [0.2, 0.25) is 0 Å². The molecule has 1 aromatic heterocycles. The Hall–Kier alpha value is -1.29. The van der Waals surface area contributed by atoms with E-state index in [2.05, 4.69) is 59.0 Å². The number of hydrogen-bond donors (Lipinski definition) is 1. The molecule has 0 atom stereocenters. The van der Waals surface area contributed by atoms with Crippen LogP contribution in [-0.2, 0) is 7.05 Å². The Morgan fingerprint density at radius 2 is 1.82 bits per heavy atom. The van der Waals surface area contributed by atoms with Crippen molar-refractivity contribution in [1.29, 1.82) is 0 Å². The molecule has 0 spiro atoms. The van der Waals surface area contributed by atoms with Crippen LogP contribution in [0.5, 0.6) is 0 Å². The molecule has 0 aliphatic carbocycles. The van der Waals surface area contributed by atoms with Gasteiger partial charge in [0, 0.05) is 12.6 Å². The highest BCUT2D eigenvalue weighted by Crippen LogP contribution is 2.30. The van der Waals surface area contributed by atoms with E-state index in [-0.39, 0.29) is 0 Å². The molecule has 0 radical (unpaired) electrons. The molecular formula is C13H16BrN3.